The van der Waals surface area contributed by atoms with Gasteiger partial charge in [-0.1, -0.05) is 0 Å². The average molecular weight is 448 g/mol. The molecular weight excluding hydrogens is 428 g/mol. The first-order valence-corrected chi connectivity index (χ1v) is 9.49. The Morgan fingerprint density at radius 2 is 1.56 bits per heavy atom. The summed E-state index contributed by atoms with van der Waals surface area (Å²) in [6.07, 6.45) is -8.09. The predicted octanol–water partition coefficient (Wildman–Crippen LogP) is -0.203. The number of aromatic hydroxyl groups is 4. The van der Waals surface area contributed by atoms with Gasteiger partial charge in [-0.25, -0.2) is 0 Å². The molecule has 0 amide bonds. The molecule has 0 saturated carbocycles. The van der Waals surface area contributed by atoms with Crippen LogP contribution < -0.4 is 5.43 Å². The number of fused-ring (bicyclic) bond motifs is 1. The monoisotopic (exact) mass is 448 g/mol. The zero-order valence-corrected chi connectivity index (χ0v) is 16.3. The second kappa shape index (κ2) is 7.97. The highest BCUT2D eigenvalue weighted by atomic mass is 16.5. The molecule has 0 aliphatic carbocycles. The number of phenols is 4. The molecular formula is C21H20O11. The van der Waals surface area contributed by atoms with E-state index in [-0.39, 0.29) is 28.0 Å². The lowest BCUT2D eigenvalue weighted by atomic mass is 9.89. The van der Waals surface area contributed by atoms with E-state index >= 15 is 0 Å². The molecule has 11 heteroatoms. The van der Waals surface area contributed by atoms with E-state index in [1.54, 1.807) is 0 Å². The Hall–Kier alpha value is -3.35. The highest BCUT2D eigenvalue weighted by Crippen LogP contribution is 2.44. The van der Waals surface area contributed by atoms with E-state index in [0.717, 1.165) is 18.2 Å². The van der Waals surface area contributed by atoms with Gasteiger partial charge >= 0.3 is 0 Å². The van der Waals surface area contributed by atoms with Crippen molar-refractivity contribution in [1.29, 1.82) is 0 Å². The van der Waals surface area contributed by atoms with E-state index < -0.39 is 65.4 Å². The molecule has 1 aromatic heterocycles. The Bertz CT molecular complexity index is 1230. The third kappa shape index (κ3) is 3.42. The maximum absolute atomic E-state index is 12.8. The van der Waals surface area contributed by atoms with Crippen LogP contribution in [-0.2, 0) is 4.74 Å². The number of hydrogen-bond donors (Lipinski definition) is 8. The molecule has 2 aromatic carbocycles. The first-order valence-electron chi connectivity index (χ1n) is 9.49. The number of aliphatic hydroxyl groups is 4. The summed E-state index contributed by atoms with van der Waals surface area (Å²) in [6.45, 7) is -0.721. The Labute approximate surface area is 179 Å². The predicted molar refractivity (Wildman–Crippen MR) is 107 cm³/mol. The number of benzene rings is 2. The first kappa shape index (κ1) is 21.9. The lowest BCUT2D eigenvalue weighted by molar-refractivity contribution is -0.232. The normalized spacial score (nSPS) is 25.8. The van der Waals surface area contributed by atoms with Crippen LogP contribution in [0.15, 0.2) is 39.5 Å². The van der Waals surface area contributed by atoms with Crippen molar-refractivity contribution in [3.8, 4) is 34.3 Å². The van der Waals surface area contributed by atoms with Gasteiger partial charge in [-0.3, -0.25) is 4.79 Å². The van der Waals surface area contributed by atoms with Crippen LogP contribution in [0.4, 0.5) is 0 Å². The summed E-state index contributed by atoms with van der Waals surface area (Å²) in [5, 5.41) is 79.6. The van der Waals surface area contributed by atoms with E-state index in [4.69, 9.17) is 9.15 Å². The van der Waals surface area contributed by atoms with Gasteiger partial charge in [0.2, 0.25) is 0 Å². The van der Waals surface area contributed by atoms with Gasteiger partial charge in [0.05, 0.1) is 12.2 Å². The molecule has 0 radical (unpaired) electrons. The van der Waals surface area contributed by atoms with Crippen LogP contribution in [0, 0.1) is 0 Å². The van der Waals surface area contributed by atoms with Crippen LogP contribution in [0.2, 0.25) is 0 Å². The molecule has 0 bridgehead atoms. The molecule has 1 fully saturated rings. The lowest BCUT2D eigenvalue weighted by Crippen LogP contribution is -2.55. The van der Waals surface area contributed by atoms with Gasteiger partial charge in [0.15, 0.2) is 16.9 Å². The first-order chi connectivity index (χ1) is 15.1. The van der Waals surface area contributed by atoms with Gasteiger partial charge in [-0.15, -0.1) is 0 Å². The molecule has 4 rings (SSSR count). The molecule has 170 valence electrons. The minimum absolute atomic E-state index is 0.0304. The van der Waals surface area contributed by atoms with Crippen molar-refractivity contribution in [2.24, 2.45) is 0 Å². The number of hydrogen-bond acceptors (Lipinski definition) is 11. The van der Waals surface area contributed by atoms with Gasteiger partial charge < -0.3 is 50.0 Å². The zero-order valence-electron chi connectivity index (χ0n) is 16.3. The van der Waals surface area contributed by atoms with Crippen molar-refractivity contribution in [2.45, 2.75) is 30.5 Å². The van der Waals surface area contributed by atoms with Gasteiger partial charge in [-0.05, 0) is 18.2 Å². The number of phenolic OH excluding ortho intramolecular Hbond substituents is 4. The van der Waals surface area contributed by atoms with Crippen molar-refractivity contribution in [2.75, 3.05) is 6.61 Å². The Balaban J connectivity index is 1.86. The summed E-state index contributed by atoms with van der Waals surface area (Å²) < 4.78 is 11.0. The maximum atomic E-state index is 12.8. The molecule has 1 aliphatic rings. The zero-order chi connectivity index (χ0) is 23.3. The number of rotatable bonds is 3. The summed E-state index contributed by atoms with van der Waals surface area (Å²) in [5.41, 5.74) is -1.17. The summed E-state index contributed by atoms with van der Waals surface area (Å²) in [4.78, 5) is 12.8. The Morgan fingerprint density at radius 3 is 2.22 bits per heavy atom. The largest absolute Gasteiger partial charge is 0.507 e. The van der Waals surface area contributed by atoms with Crippen LogP contribution >= 0.6 is 0 Å². The molecule has 1 aliphatic heterocycles. The Morgan fingerprint density at radius 1 is 0.844 bits per heavy atom. The smallest absolute Gasteiger partial charge is 0.197 e. The Kier molecular flexibility index (Phi) is 5.44. The summed E-state index contributed by atoms with van der Waals surface area (Å²) in [5.74, 6) is -2.28. The van der Waals surface area contributed by atoms with E-state index in [1.807, 2.05) is 0 Å². The minimum atomic E-state index is -1.80. The van der Waals surface area contributed by atoms with Crippen molar-refractivity contribution in [3.63, 3.8) is 0 Å². The van der Waals surface area contributed by atoms with Gasteiger partial charge in [0.1, 0.15) is 58.7 Å². The van der Waals surface area contributed by atoms with Crippen molar-refractivity contribution < 1.29 is 50.0 Å². The molecule has 11 nitrogen and oxygen atoms in total. The fourth-order valence-corrected chi connectivity index (χ4v) is 3.74. The molecule has 32 heavy (non-hydrogen) atoms. The fourth-order valence-electron chi connectivity index (χ4n) is 3.74. The SMILES string of the molecule is O=c1cc(-c2ccc(O)c(O)c2)oc2cc(O)c([C@@H]3O[C@H](CO)[C@H](O)[C@@H](O)[C@@H]3O)c(O)c12. The topological polar surface area (TPSA) is 201 Å². The second-order valence-electron chi connectivity index (χ2n) is 7.46. The number of ether oxygens (including phenoxy) is 1. The molecule has 0 spiro atoms. The third-order valence-corrected chi connectivity index (χ3v) is 5.45. The van der Waals surface area contributed by atoms with Crippen LogP contribution in [0.5, 0.6) is 23.0 Å². The molecule has 1 saturated heterocycles. The van der Waals surface area contributed by atoms with E-state index in [9.17, 15) is 45.6 Å². The fraction of sp³-hybridized carbons (Fsp3) is 0.286. The van der Waals surface area contributed by atoms with E-state index in [2.05, 4.69) is 0 Å². The molecule has 3 aromatic rings. The molecule has 8 N–H and O–H groups in total. The average Bonchev–Trinajstić information content (AvgIpc) is 2.74. The maximum Gasteiger partial charge on any atom is 0.197 e. The highest BCUT2D eigenvalue weighted by molar-refractivity contribution is 5.88. The summed E-state index contributed by atoms with van der Waals surface area (Å²) in [6, 6.07) is 5.73. The van der Waals surface area contributed by atoms with E-state index in [0.29, 0.717) is 0 Å². The van der Waals surface area contributed by atoms with Crippen molar-refractivity contribution in [3.05, 3.63) is 46.1 Å². The third-order valence-electron chi connectivity index (χ3n) is 5.45. The van der Waals surface area contributed by atoms with Crippen LogP contribution in [0.3, 0.4) is 0 Å². The molecule has 5 atom stereocenters. The van der Waals surface area contributed by atoms with Crippen molar-refractivity contribution in [1.82, 2.24) is 0 Å². The van der Waals surface area contributed by atoms with Crippen LogP contribution in [0.25, 0.3) is 22.3 Å². The quantitative estimate of drug-likeness (QED) is 0.247. The summed E-state index contributed by atoms with van der Waals surface area (Å²) >= 11 is 0. The highest BCUT2D eigenvalue weighted by Gasteiger charge is 2.46. The minimum Gasteiger partial charge on any atom is -0.507 e. The van der Waals surface area contributed by atoms with Gasteiger partial charge in [-0.2, -0.15) is 0 Å². The molecule has 2 heterocycles. The van der Waals surface area contributed by atoms with Crippen LogP contribution in [-0.4, -0.2) is 71.9 Å². The van der Waals surface area contributed by atoms with Crippen LogP contribution in [0.1, 0.15) is 11.7 Å². The molecule has 0 unspecified atom stereocenters. The van der Waals surface area contributed by atoms with Gasteiger partial charge in [0.25, 0.3) is 0 Å². The number of aliphatic hydroxyl groups excluding tert-OH is 4. The van der Waals surface area contributed by atoms with E-state index in [1.165, 1.54) is 12.1 Å². The second-order valence-corrected chi connectivity index (χ2v) is 7.46. The standard InChI is InChI=1S/C21H20O11/c22-6-14-17(27)19(29)20(30)21(32-14)16-11(26)5-13-15(18(16)28)10(25)4-12(31-13)7-1-2-8(23)9(24)3-7/h1-5,14,17,19-24,26-30H,6H2/t14-,17+,19-,20+,21+/m1/s1. The van der Waals surface area contributed by atoms with Crippen molar-refractivity contribution >= 4 is 11.0 Å². The van der Waals surface area contributed by atoms with Gasteiger partial charge in [0, 0.05) is 17.7 Å². The summed E-state index contributed by atoms with van der Waals surface area (Å²) in [7, 11) is 0. The lowest BCUT2D eigenvalue weighted by Gasteiger charge is -2.40.